The van der Waals surface area contributed by atoms with Crippen LogP contribution in [0.3, 0.4) is 0 Å². The summed E-state index contributed by atoms with van der Waals surface area (Å²) < 4.78 is 2.26. The molecule has 0 amide bonds. The number of aliphatic hydroxyl groups excluding tert-OH is 1. The molecule has 0 bridgehead atoms. The van der Waals surface area contributed by atoms with Crippen LogP contribution < -0.4 is 0 Å². The van der Waals surface area contributed by atoms with Crippen LogP contribution in [-0.4, -0.2) is 32.2 Å². The van der Waals surface area contributed by atoms with E-state index < -0.39 is 0 Å². The summed E-state index contributed by atoms with van der Waals surface area (Å²) in [5.41, 5.74) is 0. The van der Waals surface area contributed by atoms with Crippen molar-refractivity contribution in [2.24, 2.45) is 0 Å². The maximum Gasteiger partial charge on any atom is 0.143 e. The van der Waals surface area contributed by atoms with E-state index in [1.807, 2.05) is 11.8 Å². The number of hydrogen-bond donors (Lipinski definition) is 1. The Labute approximate surface area is 94.1 Å². The molecule has 0 atom stereocenters. The molecule has 0 fully saturated rings. The molecule has 1 aliphatic heterocycles. The molecule has 1 aromatic heterocycles. The molecule has 0 radical (unpaired) electrons. The first kappa shape index (κ1) is 11.0. The van der Waals surface area contributed by atoms with Crippen LogP contribution in [0.25, 0.3) is 0 Å². The summed E-state index contributed by atoms with van der Waals surface area (Å²) >= 11 is 1.83. The van der Waals surface area contributed by atoms with Crippen molar-refractivity contribution >= 4 is 11.8 Å². The van der Waals surface area contributed by atoms with Crippen molar-refractivity contribution in [1.82, 2.24) is 14.8 Å². The lowest BCUT2D eigenvalue weighted by atomic mass is 10.2. The van der Waals surface area contributed by atoms with Gasteiger partial charge < -0.3 is 9.67 Å². The van der Waals surface area contributed by atoms with Crippen LogP contribution in [0.2, 0.25) is 0 Å². The van der Waals surface area contributed by atoms with Crippen LogP contribution >= 0.6 is 11.8 Å². The number of rotatable bonds is 5. The lowest BCUT2D eigenvalue weighted by molar-refractivity contribution is 0.296. The molecule has 15 heavy (non-hydrogen) atoms. The molecule has 0 unspecified atom stereocenters. The second-order valence-electron chi connectivity index (χ2n) is 3.77. The van der Waals surface area contributed by atoms with Gasteiger partial charge in [0.15, 0.2) is 0 Å². The molecular weight excluding hydrogens is 210 g/mol. The quantitative estimate of drug-likeness (QED) is 0.769. The molecule has 2 heterocycles. The fourth-order valence-electron chi connectivity index (χ4n) is 1.81. The van der Waals surface area contributed by atoms with E-state index in [4.69, 9.17) is 5.11 Å². The molecular formula is C10H17N3OS. The minimum absolute atomic E-state index is 0.283. The van der Waals surface area contributed by atoms with E-state index in [9.17, 15) is 0 Å². The third kappa shape index (κ3) is 2.72. The Morgan fingerprint density at radius 3 is 3.13 bits per heavy atom. The predicted molar refractivity (Wildman–Crippen MR) is 60.8 cm³/mol. The van der Waals surface area contributed by atoms with Crippen LogP contribution in [0, 0.1) is 0 Å². The summed E-state index contributed by atoms with van der Waals surface area (Å²) in [4.78, 5) is 0. The average Bonchev–Trinajstić information content (AvgIpc) is 2.68. The minimum atomic E-state index is 0.283. The Hall–Kier alpha value is -0.550. The van der Waals surface area contributed by atoms with Gasteiger partial charge in [0, 0.05) is 19.6 Å². The minimum Gasteiger partial charge on any atom is -0.396 e. The summed E-state index contributed by atoms with van der Waals surface area (Å²) in [7, 11) is 0. The van der Waals surface area contributed by atoms with Crippen LogP contribution in [0.15, 0.2) is 0 Å². The zero-order chi connectivity index (χ0) is 10.5. The van der Waals surface area contributed by atoms with Crippen LogP contribution in [0.5, 0.6) is 0 Å². The molecule has 1 aromatic rings. The van der Waals surface area contributed by atoms with Gasteiger partial charge in [-0.05, 0) is 25.0 Å². The van der Waals surface area contributed by atoms with E-state index in [2.05, 4.69) is 14.8 Å². The third-order valence-electron chi connectivity index (χ3n) is 2.61. The first-order valence-corrected chi connectivity index (χ1v) is 6.67. The molecule has 0 aliphatic carbocycles. The summed E-state index contributed by atoms with van der Waals surface area (Å²) in [6.07, 6.45) is 4.44. The van der Waals surface area contributed by atoms with Crippen molar-refractivity contribution in [3.8, 4) is 0 Å². The van der Waals surface area contributed by atoms with Gasteiger partial charge in [-0.3, -0.25) is 0 Å². The molecule has 1 N–H and O–H groups in total. The molecule has 4 nitrogen and oxygen atoms in total. The highest BCUT2D eigenvalue weighted by molar-refractivity contribution is 7.98. The Morgan fingerprint density at radius 1 is 1.33 bits per heavy atom. The first-order chi connectivity index (χ1) is 7.42. The lowest BCUT2D eigenvalue weighted by Crippen LogP contribution is -2.12. The highest BCUT2D eigenvalue weighted by Crippen LogP contribution is 2.18. The Morgan fingerprint density at radius 2 is 2.27 bits per heavy atom. The van der Waals surface area contributed by atoms with E-state index >= 15 is 0 Å². The van der Waals surface area contributed by atoms with Crippen molar-refractivity contribution in [1.29, 1.82) is 0 Å². The molecule has 0 saturated carbocycles. The van der Waals surface area contributed by atoms with Gasteiger partial charge in [0.1, 0.15) is 11.6 Å². The lowest BCUT2D eigenvalue weighted by Gasteiger charge is -2.14. The van der Waals surface area contributed by atoms with Gasteiger partial charge in [-0.15, -0.1) is 10.2 Å². The summed E-state index contributed by atoms with van der Waals surface area (Å²) in [5.74, 6) is 4.18. The van der Waals surface area contributed by atoms with Gasteiger partial charge in [-0.1, -0.05) is 0 Å². The van der Waals surface area contributed by atoms with Gasteiger partial charge in [-0.2, -0.15) is 11.8 Å². The van der Waals surface area contributed by atoms with Gasteiger partial charge >= 0.3 is 0 Å². The normalized spacial score (nSPS) is 15.3. The number of aryl methyl sites for hydroxylation is 1. The molecule has 1 aliphatic rings. The van der Waals surface area contributed by atoms with Crippen molar-refractivity contribution in [3.05, 3.63) is 11.6 Å². The monoisotopic (exact) mass is 227 g/mol. The van der Waals surface area contributed by atoms with Crippen molar-refractivity contribution in [2.45, 2.75) is 38.0 Å². The number of hydrogen-bond acceptors (Lipinski definition) is 4. The average molecular weight is 227 g/mol. The predicted octanol–water partition coefficient (Wildman–Crippen LogP) is 1.23. The zero-order valence-electron chi connectivity index (χ0n) is 8.85. The topological polar surface area (TPSA) is 50.9 Å². The molecule has 84 valence electrons. The van der Waals surface area contributed by atoms with Crippen LogP contribution in [-0.2, 0) is 18.7 Å². The Kier molecular flexibility index (Phi) is 4.02. The molecule has 2 rings (SSSR count). The van der Waals surface area contributed by atoms with Crippen LogP contribution in [0.4, 0.5) is 0 Å². The molecule has 5 heteroatoms. The second kappa shape index (κ2) is 5.51. The van der Waals surface area contributed by atoms with Crippen molar-refractivity contribution in [2.75, 3.05) is 12.4 Å². The Balaban J connectivity index is 1.88. The van der Waals surface area contributed by atoms with Crippen molar-refractivity contribution < 1.29 is 5.11 Å². The van der Waals surface area contributed by atoms with E-state index in [-0.39, 0.29) is 6.61 Å². The van der Waals surface area contributed by atoms with E-state index in [0.29, 0.717) is 0 Å². The van der Waals surface area contributed by atoms with E-state index in [1.165, 1.54) is 12.8 Å². The number of thioether (sulfide) groups is 1. The maximum atomic E-state index is 8.67. The Bertz CT molecular complexity index is 314. The van der Waals surface area contributed by atoms with Gasteiger partial charge in [0.25, 0.3) is 0 Å². The summed E-state index contributed by atoms with van der Waals surface area (Å²) in [6, 6.07) is 0. The molecule has 0 aromatic carbocycles. The summed E-state index contributed by atoms with van der Waals surface area (Å²) in [5, 5.41) is 17.1. The van der Waals surface area contributed by atoms with Gasteiger partial charge in [-0.25, -0.2) is 0 Å². The van der Waals surface area contributed by atoms with Crippen LogP contribution in [0.1, 0.15) is 30.9 Å². The third-order valence-corrected chi connectivity index (χ3v) is 3.65. The van der Waals surface area contributed by atoms with Gasteiger partial charge in [0.05, 0.1) is 5.75 Å². The fourth-order valence-corrected chi connectivity index (χ4v) is 2.68. The van der Waals surface area contributed by atoms with E-state index in [0.717, 1.165) is 42.5 Å². The summed E-state index contributed by atoms with van der Waals surface area (Å²) in [6.45, 7) is 1.36. The highest BCUT2D eigenvalue weighted by atomic mass is 32.2. The number of fused-ring (bicyclic) bond motifs is 1. The zero-order valence-corrected chi connectivity index (χ0v) is 9.67. The molecule has 0 spiro atoms. The first-order valence-electron chi connectivity index (χ1n) is 5.51. The highest BCUT2D eigenvalue weighted by Gasteiger charge is 2.14. The van der Waals surface area contributed by atoms with Crippen molar-refractivity contribution in [3.63, 3.8) is 0 Å². The SMILES string of the molecule is OCCCSCc1nnc2n1CCCC2. The largest absolute Gasteiger partial charge is 0.396 e. The second-order valence-corrected chi connectivity index (χ2v) is 4.88. The fraction of sp³-hybridized carbons (Fsp3) is 0.800. The number of aromatic nitrogens is 3. The smallest absolute Gasteiger partial charge is 0.143 e. The standard InChI is InChI=1S/C10H17N3OS/c14-6-3-7-15-8-10-12-11-9-4-1-2-5-13(9)10/h14H,1-8H2. The number of aliphatic hydroxyl groups is 1. The molecule has 0 saturated heterocycles. The number of nitrogens with zero attached hydrogens (tertiary/aromatic N) is 3. The van der Waals surface area contributed by atoms with Gasteiger partial charge in [0.2, 0.25) is 0 Å². The maximum absolute atomic E-state index is 8.67. The van der Waals surface area contributed by atoms with E-state index in [1.54, 1.807) is 0 Å².